The lowest BCUT2D eigenvalue weighted by molar-refractivity contribution is 0.153. The molecular formula is C17H28N2O. The van der Waals surface area contributed by atoms with Gasteiger partial charge in [0.2, 0.25) is 0 Å². The molecule has 1 aromatic rings. The van der Waals surface area contributed by atoms with E-state index < -0.39 is 0 Å². The molecule has 1 aliphatic heterocycles. The summed E-state index contributed by atoms with van der Waals surface area (Å²) in [4.78, 5) is 2.47. The number of nitrogens with zero attached hydrogens (tertiary/aromatic N) is 1. The van der Waals surface area contributed by atoms with Crippen LogP contribution in [0.15, 0.2) is 24.3 Å². The Hall–Kier alpha value is -1.06. The van der Waals surface area contributed by atoms with Crippen LogP contribution in [0.1, 0.15) is 50.6 Å². The molecule has 2 atom stereocenters. The maximum atomic E-state index is 6.01. The van der Waals surface area contributed by atoms with Crippen molar-refractivity contribution in [1.82, 2.24) is 4.90 Å². The number of rotatable bonds is 6. The van der Waals surface area contributed by atoms with Crippen LogP contribution in [0.4, 0.5) is 0 Å². The third-order valence-electron chi connectivity index (χ3n) is 4.39. The highest BCUT2D eigenvalue weighted by Gasteiger charge is 2.18. The van der Waals surface area contributed by atoms with Gasteiger partial charge in [0.25, 0.3) is 0 Å². The lowest BCUT2D eigenvalue weighted by atomic mass is 10.0. The minimum atomic E-state index is 0.139. The van der Waals surface area contributed by atoms with Crippen molar-refractivity contribution >= 4 is 0 Å². The van der Waals surface area contributed by atoms with Crippen LogP contribution in [-0.4, -0.2) is 31.1 Å². The van der Waals surface area contributed by atoms with E-state index in [1.807, 2.05) is 12.1 Å². The van der Waals surface area contributed by atoms with Crippen LogP contribution in [0, 0.1) is 0 Å². The van der Waals surface area contributed by atoms with Crippen LogP contribution in [0.5, 0.6) is 5.75 Å². The normalized spacial score (nSPS) is 21.6. The number of nitrogens with two attached hydrogens (primary N) is 1. The summed E-state index contributed by atoms with van der Waals surface area (Å²) in [6, 6.07) is 9.06. The highest BCUT2D eigenvalue weighted by Crippen LogP contribution is 2.20. The van der Waals surface area contributed by atoms with Crippen molar-refractivity contribution < 1.29 is 4.74 Å². The summed E-state index contributed by atoms with van der Waals surface area (Å²) in [5.74, 6) is 0.954. The van der Waals surface area contributed by atoms with Gasteiger partial charge in [-0.15, -0.1) is 0 Å². The van der Waals surface area contributed by atoms with Gasteiger partial charge < -0.3 is 15.4 Å². The lowest BCUT2D eigenvalue weighted by Crippen LogP contribution is -2.37. The molecule has 1 aromatic carbocycles. The second-order valence-corrected chi connectivity index (χ2v) is 5.85. The summed E-state index contributed by atoms with van der Waals surface area (Å²) in [5, 5.41) is 0. The summed E-state index contributed by atoms with van der Waals surface area (Å²) in [6.45, 7) is 4.14. The molecule has 1 fully saturated rings. The van der Waals surface area contributed by atoms with E-state index >= 15 is 0 Å². The maximum absolute atomic E-state index is 6.01. The van der Waals surface area contributed by atoms with Crippen molar-refractivity contribution in [3.63, 3.8) is 0 Å². The van der Waals surface area contributed by atoms with Crippen molar-refractivity contribution in [2.24, 2.45) is 5.73 Å². The topological polar surface area (TPSA) is 38.5 Å². The van der Waals surface area contributed by atoms with Gasteiger partial charge >= 0.3 is 0 Å². The predicted octanol–water partition coefficient (Wildman–Crippen LogP) is 3.35. The van der Waals surface area contributed by atoms with E-state index in [1.54, 1.807) is 0 Å². The lowest BCUT2D eigenvalue weighted by Gasteiger charge is -2.32. The van der Waals surface area contributed by atoms with Gasteiger partial charge in [-0.3, -0.25) is 0 Å². The van der Waals surface area contributed by atoms with Gasteiger partial charge in [-0.25, -0.2) is 0 Å². The minimum Gasteiger partial charge on any atom is -0.494 e. The summed E-state index contributed by atoms with van der Waals surface area (Å²) >= 11 is 0. The Labute approximate surface area is 123 Å². The van der Waals surface area contributed by atoms with Crippen LogP contribution in [0.3, 0.4) is 0 Å². The van der Waals surface area contributed by atoms with Crippen molar-refractivity contribution in [3.05, 3.63) is 29.8 Å². The Kier molecular flexibility index (Phi) is 5.86. The van der Waals surface area contributed by atoms with E-state index in [4.69, 9.17) is 10.5 Å². The molecule has 0 aromatic heterocycles. The molecule has 0 spiro atoms. The Morgan fingerprint density at radius 3 is 2.70 bits per heavy atom. The van der Waals surface area contributed by atoms with E-state index in [0.717, 1.165) is 25.2 Å². The van der Waals surface area contributed by atoms with Crippen LogP contribution in [0.25, 0.3) is 0 Å². The number of benzene rings is 1. The summed E-state index contributed by atoms with van der Waals surface area (Å²) in [5.41, 5.74) is 7.20. The quantitative estimate of drug-likeness (QED) is 0.866. The molecule has 112 valence electrons. The average Bonchev–Trinajstić information content (AvgIpc) is 2.49. The van der Waals surface area contributed by atoms with Gasteiger partial charge in [0.15, 0.2) is 0 Å². The largest absolute Gasteiger partial charge is 0.494 e. The van der Waals surface area contributed by atoms with Crippen LogP contribution in [0.2, 0.25) is 0 Å². The summed E-state index contributed by atoms with van der Waals surface area (Å²) in [7, 11) is 2.23. The highest BCUT2D eigenvalue weighted by atomic mass is 16.5. The summed E-state index contributed by atoms with van der Waals surface area (Å²) < 4.78 is 5.86. The molecule has 3 nitrogen and oxygen atoms in total. The molecule has 1 aliphatic rings. The molecule has 2 N–H and O–H groups in total. The molecule has 0 aliphatic carbocycles. The Balaban J connectivity index is 1.76. The van der Waals surface area contributed by atoms with E-state index in [-0.39, 0.29) is 6.04 Å². The predicted molar refractivity (Wildman–Crippen MR) is 84.0 cm³/mol. The first-order chi connectivity index (χ1) is 9.70. The minimum absolute atomic E-state index is 0.139. The summed E-state index contributed by atoms with van der Waals surface area (Å²) in [6.07, 6.45) is 6.09. The van der Waals surface area contributed by atoms with Gasteiger partial charge in [0.05, 0.1) is 6.61 Å². The van der Waals surface area contributed by atoms with Gasteiger partial charge in [-0.2, -0.15) is 0 Å². The van der Waals surface area contributed by atoms with Gasteiger partial charge in [-0.1, -0.05) is 25.5 Å². The first-order valence-corrected chi connectivity index (χ1v) is 7.89. The Morgan fingerprint density at radius 2 is 2.05 bits per heavy atom. The zero-order valence-electron chi connectivity index (χ0n) is 12.8. The monoisotopic (exact) mass is 276 g/mol. The first kappa shape index (κ1) is 15.3. The van der Waals surface area contributed by atoms with E-state index in [9.17, 15) is 0 Å². The van der Waals surface area contributed by atoms with Crippen LogP contribution < -0.4 is 10.5 Å². The maximum Gasteiger partial charge on any atom is 0.119 e. The Morgan fingerprint density at radius 1 is 1.30 bits per heavy atom. The fraction of sp³-hybridized carbons (Fsp3) is 0.647. The molecule has 0 bridgehead atoms. The average molecular weight is 276 g/mol. The molecule has 0 amide bonds. The van der Waals surface area contributed by atoms with Crippen molar-refractivity contribution in [3.8, 4) is 5.75 Å². The number of piperidine rings is 1. The van der Waals surface area contributed by atoms with Gasteiger partial charge in [0.1, 0.15) is 5.75 Å². The number of ether oxygens (including phenoxy) is 1. The SMILES string of the molecule is CC[C@@H](N)c1ccc(OCCC2CCCCN2C)cc1. The fourth-order valence-electron chi connectivity index (χ4n) is 2.87. The zero-order valence-corrected chi connectivity index (χ0v) is 12.8. The zero-order chi connectivity index (χ0) is 14.4. The third-order valence-corrected chi connectivity index (χ3v) is 4.39. The molecule has 3 heteroatoms. The molecule has 0 saturated carbocycles. The van der Waals surface area contributed by atoms with Gasteiger partial charge in [0, 0.05) is 12.1 Å². The van der Waals surface area contributed by atoms with Gasteiger partial charge in [-0.05, 0) is 57.0 Å². The smallest absolute Gasteiger partial charge is 0.119 e. The second kappa shape index (κ2) is 7.65. The molecule has 0 radical (unpaired) electrons. The van der Waals surface area contributed by atoms with Crippen molar-refractivity contribution in [2.45, 2.75) is 51.1 Å². The molecule has 2 rings (SSSR count). The van der Waals surface area contributed by atoms with Crippen molar-refractivity contribution in [2.75, 3.05) is 20.2 Å². The standard InChI is InChI=1S/C17H28N2O/c1-3-17(18)14-7-9-16(10-8-14)20-13-11-15-6-4-5-12-19(15)2/h7-10,15,17H,3-6,11-13,18H2,1-2H3/t15?,17-/m1/s1. The highest BCUT2D eigenvalue weighted by molar-refractivity contribution is 5.28. The van der Waals surface area contributed by atoms with Crippen LogP contribution in [-0.2, 0) is 0 Å². The Bertz CT molecular complexity index is 390. The number of hydrogen-bond acceptors (Lipinski definition) is 3. The van der Waals surface area contributed by atoms with E-state index in [0.29, 0.717) is 6.04 Å². The van der Waals surface area contributed by atoms with Crippen LogP contribution >= 0.6 is 0 Å². The molecule has 1 heterocycles. The third kappa shape index (κ3) is 4.22. The molecule has 20 heavy (non-hydrogen) atoms. The van der Waals surface area contributed by atoms with Crippen molar-refractivity contribution in [1.29, 1.82) is 0 Å². The fourth-order valence-corrected chi connectivity index (χ4v) is 2.87. The number of likely N-dealkylation sites (tertiary alicyclic amines) is 1. The van der Waals surface area contributed by atoms with E-state index in [2.05, 4.69) is 31.0 Å². The van der Waals surface area contributed by atoms with E-state index in [1.165, 1.54) is 31.4 Å². The molecular weight excluding hydrogens is 248 g/mol. The number of hydrogen-bond donors (Lipinski definition) is 1. The molecule has 1 saturated heterocycles. The molecule has 1 unspecified atom stereocenters. The second-order valence-electron chi connectivity index (χ2n) is 5.85. The first-order valence-electron chi connectivity index (χ1n) is 7.89.